The van der Waals surface area contributed by atoms with Gasteiger partial charge in [-0.2, -0.15) is 0 Å². The molecule has 3 aromatic rings. The van der Waals surface area contributed by atoms with Crippen LogP contribution in [0.3, 0.4) is 0 Å². The van der Waals surface area contributed by atoms with Gasteiger partial charge >= 0.3 is 0 Å². The molecule has 116 valence electrons. The molecule has 0 unspecified atom stereocenters. The molecule has 0 radical (unpaired) electrons. The Labute approximate surface area is 135 Å². The molecule has 0 aliphatic carbocycles. The third-order valence-corrected chi connectivity index (χ3v) is 3.44. The first-order chi connectivity index (χ1) is 11.3. The molecule has 0 aliphatic heterocycles. The number of aromatic hydroxyl groups is 1. The summed E-state index contributed by atoms with van der Waals surface area (Å²) in [5.41, 5.74) is 2.09. The molecule has 0 aliphatic rings. The summed E-state index contributed by atoms with van der Waals surface area (Å²) >= 11 is 0. The van der Waals surface area contributed by atoms with Crippen LogP contribution < -0.4 is 9.47 Å². The first-order valence-corrected chi connectivity index (χ1v) is 7.48. The van der Waals surface area contributed by atoms with Crippen molar-refractivity contribution in [1.29, 1.82) is 0 Å². The Morgan fingerprint density at radius 2 is 1.00 bits per heavy atom. The topological polar surface area (TPSA) is 38.7 Å². The maximum atomic E-state index is 10.3. The molecule has 3 heteroatoms. The largest absolute Gasteiger partial charge is 0.502 e. The summed E-state index contributed by atoms with van der Waals surface area (Å²) in [5, 5.41) is 10.3. The van der Waals surface area contributed by atoms with Gasteiger partial charge in [0.05, 0.1) is 0 Å². The van der Waals surface area contributed by atoms with Gasteiger partial charge in [0, 0.05) is 0 Å². The molecule has 0 amide bonds. The van der Waals surface area contributed by atoms with E-state index in [2.05, 4.69) is 0 Å². The van der Waals surface area contributed by atoms with Gasteiger partial charge in [-0.15, -0.1) is 0 Å². The summed E-state index contributed by atoms with van der Waals surface area (Å²) in [6, 6.07) is 24.9. The van der Waals surface area contributed by atoms with Crippen LogP contribution >= 0.6 is 0 Å². The molecule has 0 heterocycles. The van der Waals surface area contributed by atoms with Gasteiger partial charge in [-0.05, 0) is 23.3 Å². The molecule has 3 nitrogen and oxygen atoms in total. The van der Waals surface area contributed by atoms with E-state index in [1.165, 1.54) is 0 Å². The van der Waals surface area contributed by atoms with Crippen molar-refractivity contribution in [2.45, 2.75) is 13.2 Å². The highest BCUT2D eigenvalue weighted by atomic mass is 16.5. The number of phenols is 1. The predicted octanol–water partition coefficient (Wildman–Crippen LogP) is 4.55. The van der Waals surface area contributed by atoms with Gasteiger partial charge in [-0.25, -0.2) is 0 Å². The van der Waals surface area contributed by atoms with Crippen LogP contribution in [0.1, 0.15) is 11.1 Å². The Balaban J connectivity index is 1.66. The highest BCUT2D eigenvalue weighted by Gasteiger charge is 2.09. The maximum absolute atomic E-state index is 10.3. The van der Waals surface area contributed by atoms with Crippen LogP contribution in [0.25, 0.3) is 0 Å². The molecule has 23 heavy (non-hydrogen) atoms. The van der Waals surface area contributed by atoms with Crippen LogP contribution in [0.2, 0.25) is 0 Å². The van der Waals surface area contributed by atoms with Crippen LogP contribution in [0.5, 0.6) is 17.2 Å². The van der Waals surface area contributed by atoms with Crippen molar-refractivity contribution < 1.29 is 14.6 Å². The fourth-order valence-corrected chi connectivity index (χ4v) is 2.21. The number of ether oxygens (including phenoxy) is 2. The lowest BCUT2D eigenvalue weighted by atomic mass is 10.2. The molecule has 0 saturated carbocycles. The summed E-state index contributed by atoms with van der Waals surface area (Å²) < 4.78 is 11.4. The number of hydrogen-bond acceptors (Lipinski definition) is 3. The highest BCUT2D eigenvalue weighted by molar-refractivity contribution is 5.50. The molecular formula is C20H18O3. The van der Waals surface area contributed by atoms with Crippen LogP contribution in [0.4, 0.5) is 0 Å². The number of para-hydroxylation sites is 1. The van der Waals surface area contributed by atoms with E-state index in [1.54, 1.807) is 18.2 Å². The van der Waals surface area contributed by atoms with Crippen molar-refractivity contribution in [3.05, 3.63) is 90.0 Å². The van der Waals surface area contributed by atoms with Crippen molar-refractivity contribution >= 4 is 0 Å². The second kappa shape index (κ2) is 7.36. The fraction of sp³-hybridized carbons (Fsp3) is 0.100. The normalized spacial score (nSPS) is 10.3. The summed E-state index contributed by atoms with van der Waals surface area (Å²) in [6.07, 6.45) is 0. The molecular weight excluding hydrogens is 288 g/mol. The van der Waals surface area contributed by atoms with Gasteiger partial charge in [0.1, 0.15) is 13.2 Å². The molecule has 3 aromatic carbocycles. The van der Waals surface area contributed by atoms with E-state index in [0.29, 0.717) is 24.7 Å². The zero-order chi connectivity index (χ0) is 15.9. The van der Waals surface area contributed by atoms with Gasteiger partial charge in [0.25, 0.3) is 0 Å². The number of benzene rings is 3. The van der Waals surface area contributed by atoms with Crippen LogP contribution in [-0.4, -0.2) is 5.11 Å². The van der Waals surface area contributed by atoms with Gasteiger partial charge in [-0.3, -0.25) is 0 Å². The first-order valence-electron chi connectivity index (χ1n) is 7.48. The van der Waals surface area contributed by atoms with E-state index in [0.717, 1.165) is 11.1 Å². The molecule has 0 spiro atoms. The lowest BCUT2D eigenvalue weighted by Gasteiger charge is -2.12. The second-order valence-electron chi connectivity index (χ2n) is 5.15. The van der Waals surface area contributed by atoms with Crippen molar-refractivity contribution in [1.82, 2.24) is 0 Å². The van der Waals surface area contributed by atoms with E-state index in [4.69, 9.17) is 9.47 Å². The van der Waals surface area contributed by atoms with E-state index >= 15 is 0 Å². The average Bonchev–Trinajstić information content (AvgIpc) is 2.61. The van der Waals surface area contributed by atoms with Crippen LogP contribution in [-0.2, 0) is 13.2 Å². The lowest BCUT2D eigenvalue weighted by Crippen LogP contribution is -1.98. The Kier molecular flexibility index (Phi) is 4.79. The SMILES string of the molecule is Oc1c(OCc2ccccc2)cccc1OCc1ccccc1. The second-order valence-corrected chi connectivity index (χ2v) is 5.15. The van der Waals surface area contributed by atoms with Crippen LogP contribution in [0.15, 0.2) is 78.9 Å². The van der Waals surface area contributed by atoms with E-state index in [-0.39, 0.29) is 5.75 Å². The number of rotatable bonds is 6. The van der Waals surface area contributed by atoms with Crippen molar-refractivity contribution in [2.75, 3.05) is 0 Å². The van der Waals surface area contributed by atoms with Crippen molar-refractivity contribution in [3.8, 4) is 17.2 Å². The van der Waals surface area contributed by atoms with Crippen LogP contribution in [0, 0.1) is 0 Å². The quantitative estimate of drug-likeness (QED) is 0.726. The average molecular weight is 306 g/mol. The Bertz CT molecular complexity index is 678. The monoisotopic (exact) mass is 306 g/mol. The predicted molar refractivity (Wildman–Crippen MR) is 89.7 cm³/mol. The minimum atomic E-state index is 0.0272. The van der Waals surface area contributed by atoms with Crippen molar-refractivity contribution in [3.63, 3.8) is 0 Å². The van der Waals surface area contributed by atoms with E-state index in [9.17, 15) is 5.11 Å². The Morgan fingerprint density at radius 1 is 0.565 bits per heavy atom. The zero-order valence-corrected chi connectivity index (χ0v) is 12.7. The van der Waals surface area contributed by atoms with Gasteiger partial charge in [0.15, 0.2) is 11.5 Å². The Morgan fingerprint density at radius 3 is 1.43 bits per heavy atom. The smallest absolute Gasteiger partial charge is 0.200 e. The third kappa shape index (κ3) is 4.04. The van der Waals surface area contributed by atoms with E-state index in [1.807, 2.05) is 60.7 Å². The molecule has 0 fully saturated rings. The fourth-order valence-electron chi connectivity index (χ4n) is 2.21. The maximum Gasteiger partial charge on any atom is 0.200 e. The molecule has 0 saturated heterocycles. The summed E-state index contributed by atoms with van der Waals surface area (Å²) in [7, 11) is 0. The standard InChI is InChI=1S/C20H18O3/c21-20-18(22-14-16-8-3-1-4-9-16)12-7-13-19(20)23-15-17-10-5-2-6-11-17/h1-13,21H,14-15H2. The molecule has 3 rings (SSSR count). The molecule has 0 atom stereocenters. The van der Waals surface area contributed by atoms with E-state index < -0.39 is 0 Å². The minimum absolute atomic E-state index is 0.0272. The number of phenolic OH excluding ortho intramolecular Hbond substituents is 1. The summed E-state index contributed by atoms with van der Waals surface area (Å²) in [5.74, 6) is 0.859. The zero-order valence-electron chi connectivity index (χ0n) is 12.7. The van der Waals surface area contributed by atoms with Gasteiger partial charge in [-0.1, -0.05) is 66.7 Å². The van der Waals surface area contributed by atoms with Gasteiger partial charge < -0.3 is 14.6 Å². The molecule has 1 N–H and O–H groups in total. The first kappa shape index (κ1) is 15.0. The van der Waals surface area contributed by atoms with Gasteiger partial charge in [0.2, 0.25) is 5.75 Å². The summed E-state index contributed by atoms with van der Waals surface area (Å²) in [4.78, 5) is 0. The minimum Gasteiger partial charge on any atom is -0.502 e. The van der Waals surface area contributed by atoms with Crippen molar-refractivity contribution in [2.24, 2.45) is 0 Å². The lowest BCUT2D eigenvalue weighted by molar-refractivity contribution is 0.263. The molecule has 0 bridgehead atoms. The third-order valence-electron chi connectivity index (χ3n) is 3.44. The highest BCUT2D eigenvalue weighted by Crippen LogP contribution is 2.36. The number of hydrogen-bond donors (Lipinski definition) is 1. The molecule has 0 aromatic heterocycles. The Hall–Kier alpha value is -2.94. The summed E-state index contributed by atoms with van der Waals surface area (Å²) in [6.45, 7) is 0.799.